The highest BCUT2D eigenvalue weighted by Gasteiger charge is 2.39. The van der Waals surface area contributed by atoms with E-state index in [1.165, 1.54) is 16.8 Å². The lowest BCUT2D eigenvalue weighted by Gasteiger charge is -2.46. The molecule has 0 aromatic carbocycles. The highest BCUT2D eigenvalue weighted by atomic mass is 16.5. The zero-order chi connectivity index (χ0) is 22.0. The molecular weight excluding hydrogens is 380 g/mol. The maximum Gasteiger partial charge on any atom is 0.323 e. The van der Waals surface area contributed by atoms with Gasteiger partial charge in [-0.1, -0.05) is 27.7 Å². The molecule has 1 unspecified atom stereocenters. The molecular formula is C24H38N2O4. The van der Waals surface area contributed by atoms with Gasteiger partial charge in [0.05, 0.1) is 14.2 Å². The fourth-order valence-corrected chi connectivity index (χ4v) is 4.81. The summed E-state index contributed by atoms with van der Waals surface area (Å²) >= 11 is 0. The van der Waals surface area contributed by atoms with E-state index in [4.69, 9.17) is 19.9 Å². The minimum absolute atomic E-state index is 0.0626. The van der Waals surface area contributed by atoms with Gasteiger partial charge in [0.2, 0.25) is 0 Å². The number of nitrogens with two attached hydrogens (primary N) is 1. The molecule has 0 aromatic rings. The number of fused-ring (bicyclic) bond motifs is 2. The van der Waals surface area contributed by atoms with E-state index in [0.717, 1.165) is 50.3 Å². The summed E-state index contributed by atoms with van der Waals surface area (Å²) in [6.45, 7) is 10.3. The largest absolute Gasteiger partial charge is 0.497 e. The summed E-state index contributed by atoms with van der Waals surface area (Å²) in [5.74, 6) is 2.31. The van der Waals surface area contributed by atoms with Crippen LogP contribution >= 0.6 is 0 Å². The van der Waals surface area contributed by atoms with E-state index in [2.05, 4.69) is 24.8 Å². The first-order valence-electron chi connectivity index (χ1n) is 11.2. The van der Waals surface area contributed by atoms with Crippen LogP contribution in [-0.4, -0.2) is 50.3 Å². The highest BCUT2D eigenvalue weighted by molar-refractivity contribution is 5.76. The van der Waals surface area contributed by atoms with Crippen LogP contribution in [0.4, 0.5) is 0 Å². The van der Waals surface area contributed by atoms with Crippen LogP contribution in [0.15, 0.2) is 34.4 Å². The Labute approximate surface area is 181 Å². The molecule has 0 bridgehead atoms. The predicted octanol–water partition coefficient (Wildman–Crippen LogP) is 3.74. The van der Waals surface area contributed by atoms with Crippen LogP contribution in [0, 0.1) is 17.8 Å². The number of methoxy groups -OCH3 is 2. The van der Waals surface area contributed by atoms with Gasteiger partial charge in [0, 0.05) is 37.5 Å². The van der Waals surface area contributed by atoms with Crippen LogP contribution in [0.25, 0.3) is 0 Å². The molecule has 3 atom stereocenters. The lowest BCUT2D eigenvalue weighted by atomic mass is 9.80. The van der Waals surface area contributed by atoms with Crippen molar-refractivity contribution in [3.8, 4) is 0 Å². The van der Waals surface area contributed by atoms with Crippen molar-refractivity contribution in [3.05, 3.63) is 34.4 Å². The van der Waals surface area contributed by atoms with Gasteiger partial charge in [-0.05, 0) is 41.9 Å². The molecule has 3 rings (SSSR count). The molecule has 2 aliphatic heterocycles. The predicted molar refractivity (Wildman–Crippen MR) is 117 cm³/mol. The van der Waals surface area contributed by atoms with Crippen molar-refractivity contribution >= 4 is 5.97 Å². The Morgan fingerprint density at radius 1 is 1.23 bits per heavy atom. The average molecular weight is 419 g/mol. The molecule has 1 saturated heterocycles. The molecule has 6 heteroatoms. The molecule has 0 aromatic heterocycles. The minimum atomic E-state index is -0.579. The normalized spacial score (nSPS) is 25.1. The monoisotopic (exact) mass is 418 g/mol. The average Bonchev–Trinajstić information content (AvgIpc) is 2.71. The van der Waals surface area contributed by atoms with E-state index in [9.17, 15) is 4.79 Å². The number of piperidine rings is 1. The lowest BCUT2D eigenvalue weighted by molar-refractivity contribution is -0.157. The fourth-order valence-electron chi connectivity index (χ4n) is 4.81. The molecule has 3 aliphatic rings. The topological polar surface area (TPSA) is 74.0 Å². The third-order valence-electron chi connectivity index (χ3n) is 6.56. The van der Waals surface area contributed by atoms with Gasteiger partial charge in [-0.15, -0.1) is 0 Å². The standard InChI is InChI=1S/C24H38N2O4/c1-14(2)9-17-13-26-8-7-16-10-21(28-5)22(29-6)11-18(16)19(26)12-20(17)30-24(27)23(25)15(3)4/h10,14-15,17,20,23H,7-9,11-13,25H2,1-6H3/t17-,20-,23?/m1/s1. The molecule has 1 fully saturated rings. The molecule has 0 spiro atoms. The SMILES string of the molecule is COC1=C(OC)CC2=C3C[C@@H](OC(=O)C(N)C(C)C)[C@H](CC(C)C)CN3CCC2=C1. The molecule has 2 heterocycles. The Bertz CT molecular complexity index is 750. The second-order valence-electron chi connectivity index (χ2n) is 9.50. The van der Waals surface area contributed by atoms with Crippen LogP contribution in [-0.2, 0) is 19.0 Å². The molecule has 6 nitrogen and oxygen atoms in total. The molecule has 30 heavy (non-hydrogen) atoms. The van der Waals surface area contributed by atoms with Crippen LogP contribution < -0.4 is 5.73 Å². The summed E-state index contributed by atoms with van der Waals surface area (Å²) in [5.41, 5.74) is 9.98. The molecule has 0 radical (unpaired) electrons. The van der Waals surface area contributed by atoms with Crippen molar-refractivity contribution in [2.75, 3.05) is 27.3 Å². The Balaban J connectivity index is 1.89. The quantitative estimate of drug-likeness (QED) is 0.635. The Morgan fingerprint density at radius 3 is 2.57 bits per heavy atom. The summed E-state index contributed by atoms with van der Waals surface area (Å²) in [6, 6.07) is -0.579. The first kappa shape index (κ1) is 22.7. The number of ether oxygens (including phenoxy) is 3. The van der Waals surface area contributed by atoms with Crippen molar-refractivity contribution in [1.29, 1.82) is 0 Å². The van der Waals surface area contributed by atoms with Gasteiger partial charge in [0.1, 0.15) is 17.9 Å². The van der Waals surface area contributed by atoms with E-state index < -0.39 is 6.04 Å². The summed E-state index contributed by atoms with van der Waals surface area (Å²) in [5, 5.41) is 0. The number of carbonyl (C=O) groups excluding carboxylic acids is 1. The van der Waals surface area contributed by atoms with E-state index >= 15 is 0 Å². The minimum Gasteiger partial charge on any atom is -0.497 e. The second-order valence-corrected chi connectivity index (χ2v) is 9.50. The van der Waals surface area contributed by atoms with Crippen molar-refractivity contribution in [1.82, 2.24) is 4.90 Å². The van der Waals surface area contributed by atoms with Gasteiger partial charge in [-0.25, -0.2) is 0 Å². The van der Waals surface area contributed by atoms with E-state index in [1.807, 2.05) is 13.8 Å². The number of allylic oxidation sites excluding steroid dienone is 2. The second kappa shape index (κ2) is 9.46. The summed E-state index contributed by atoms with van der Waals surface area (Å²) in [6.07, 6.45) is 5.46. The molecule has 168 valence electrons. The maximum atomic E-state index is 12.7. The fraction of sp³-hybridized carbons (Fsp3) is 0.708. The number of esters is 1. The summed E-state index contributed by atoms with van der Waals surface area (Å²) < 4.78 is 17.2. The number of hydrogen-bond donors (Lipinski definition) is 1. The van der Waals surface area contributed by atoms with Crippen molar-refractivity contribution in [2.45, 2.75) is 65.5 Å². The molecule has 2 N–H and O–H groups in total. The van der Waals surface area contributed by atoms with Crippen LogP contribution in [0.5, 0.6) is 0 Å². The van der Waals surface area contributed by atoms with Crippen molar-refractivity contribution in [2.24, 2.45) is 23.5 Å². The Hall–Kier alpha value is -1.95. The first-order chi connectivity index (χ1) is 14.2. The van der Waals surface area contributed by atoms with E-state index in [0.29, 0.717) is 11.8 Å². The highest BCUT2D eigenvalue weighted by Crippen LogP contribution is 2.43. The number of nitrogens with zero attached hydrogens (tertiary/aromatic N) is 1. The number of rotatable bonds is 7. The zero-order valence-electron chi connectivity index (χ0n) is 19.4. The third kappa shape index (κ3) is 4.69. The van der Waals surface area contributed by atoms with Gasteiger partial charge in [0.15, 0.2) is 5.76 Å². The van der Waals surface area contributed by atoms with Crippen LogP contribution in [0.3, 0.4) is 0 Å². The van der Waals surface area contributed by atoms with Crippen molar-refractivity contribution < 1.29 is 19.0 Å². The smallest absolute Gasteiger partial charge is 0.323 e. The number of carbonyl (C=O) groups is 1. The number of hydrogen-bond acceptors (Lipinski definition) is 6. The van der Waals surface area contributed by atoms with Gasteiger partial charge >= 0.3 is 5.97 Å². The van der Waals surface area contributed by atoms with Crippen LogP contribution in [0.2, 0.25) is 0 Å². The Morgan fingerprint density at radius 2 is 1.97 bits per heavy atom. The van der Waals surface area contributed by atoms with Crippen LogP contribution in [0.1, 0.15) is 53.4 Å². The first-order valence-corrected chi connectivity index (χ1v) is 11.2. The summed E-state index contributed by atoms with van der Waals surface area (Å²) in [4.78, 5) is 15.2. The van der Waals surface area contributed by atoms with Gasteiger partial charge in [-0.2, -0.15) is 0 Å². The van der Waals surface area contributed by atoms with E-state index in [1.54, 1.807) is 14.2 Å². The van der Waals surface area contributed by atoms with Gasteiger partial charge < -0.3 is 24.8 Å². The maximum absolute atomic E-state index is 12.7. The zero-order valence-corrected chi connectivity index (χ0v) is 19.4. The molecule has 0 amide bonds. The third-order valence-corrected chi connectivity index (χ3v) is 6.56. The van der Waals surface area contributed by atoms with E-state index in [-0.39, 0.29) is 18.0 Å². The Kier molecular flexibility index (Phi) is 7.17. The summed E-state index contributed by atoms with van der Waals surface area (Å²) in [7, 11) is 3.37. The molecule has 0 saturated carbocycles. The lowest BCUT2D eigenvalue weighted by Crippen LogP contribution is -2.48. The van der Waals surface area contributed by atoms with Gasteiger partial charge in [-0.3, -0.25) is 4.79 Å². The molecule has 1 aliphatic carbocycles. The van der Waals surface area contributed by atoms with Gasteiger partial charge in [0.25, 0.3) is 0 Å². The van der Waals surface area contributed by atoms with Crippen molar-refractivity contribution in [3.63, 3.8) is 0 Å².